The summed E-state index contributed by atoms with van der Waals surface area (Å²) in [6, 6.07) is 15.2. The Kier molecular flexibility index (Phi) is 5.04. The maximum absolute atomic E-state index is 12.5. The van der Waals surface area contributed by atoms with Gasteiger partial charge in [0.1, 0.15) is 5.82 Å². The first kappa shape index (κ1) is 17.4. The van der Waals surface area contributed by atoms with Gasteiger partial charge in [-0.3, -0.25) is 4.79 Å². The molecule has 1 unspecified atom stereocenters. The van der Waals surface area contributed by atoms with Crippen molar-refractivity contribution in [1.29, 1.82) is 0 Å². The number of benzene rings is 2. The maximum Gasteiger partial charge on any atom is 0.251 e. The molecule has 1 heterocycles. The molecule has 1 atom stereocenters. The average molecular weight is 398 g/mol. The Morgan fingerprint density at radius 3 is 2.60 bits per heavy atom. The Labute approximate surface area is 155 Å². The summed E-state index contributed by atoms with van der Waals surface area (Å²) in [5.41, 5.74) is 3.70. The molecule has 2 aromatic carbocycles. The molecule has 128 valence electrons. The number of halogens is 1. The molecule has 25 heavy (non-hydrogen) atoms. The first-order valence-corrected chi connectivity index (χ1v) is 8.91. The predicted octanol–water partition coefficient (Wildman–Crippen LogP) is 4.74. The fraction of sp³-hybridized carbons (Fsp3) is 0.200. The molecule has 4 nitrogen and oxygen atoms in total. The highest BCUT2D eigenvalue weighted by Gasteiger charge is 2.19. The largest absolute Gasteiger partial charge is 0.342 e. The van der Waals surface area contributed by atoms with Crippen LogP contribution in [0.15, 0.2) is 59.6 Å². The summed E-state index contributed by atoms with van der Waals surface area (Å²) in [5.74, 6) is 0.700. The van der Waals surface area contributed by atoms with Crippen LogP contribution in [-0.4, -0.2) is 15.5 Å². The minimum atomic E-state index is -0.229. The van der Waals surface area contributed by atoms with Gasteiger partial charge in [-0.2, -0.15) is 0 Å². The molecule has 3 aromatic rings. The standard InChI is InChI=1S/C20H20BrN3O/c1-13-8-10-16(11-9-13)20(25)22-15(3)19-23-17-6-4-5-7-18(17)24(19)12-14(2)21/h4-11,15H,2,12H2,1,3H3,(H,22,25). The third-order valence-corrected chi connectivity index (χ3v) is 4.31. The minimum Gasteiger partial charge on any atom is -0.342 e. The first-order chi connectivity index (χ1) is 12.0. The number of para-hydroxylation sites is 2. The number of carbonyl (C=O) groups excluding carboxylic acids is 1. The highest BCUT2D eigenvalue weighted by molar-refractivity contribution is 9.11. The number of nitrogens with one attached hydrogen (secondary N) is 1. The Morgan fingerprint density at radius 2 is 1.92 bits per heavy atom. The van der Waals surface area contributed by atoms with Crippen molar-refractivity contribution in [2.24, 2.45) is 0 Å². The number of amides is 1. The van der Waals surface area contributed by atoms with Gasteiger partial charge in [0, 0.05) is 10.0 Å². The molecule has 0 radical (unpaired) electrons. The molecule has 1 N–H and O–H groups in total. The fourth-order valence-corrected chi connectivity index (χ4v) is 3.06. The molecular formula is C20H20BrN3O. The number of fused-ring (bicyclic) bond motifs is 1. The van der Waals surface area contributed by atoms with E-state index in [4.69, 9.17) is 4.98 Å². The number of hydrogen-bond acceptors (Lipinski definition) is 2. The predicted molar refractivity (Wildman–Crippen MR) is 105 cm³/mol. The van der Waals surface area contributed by atoms with Crippen LogP contribution in [0.3, 0.4) is 0 Å². The average Bonchev–Trinajstić information content (AvgIpc) is 2.93. The summed E-state index contributed by atoms with van der Waals surface area (Å²) in [6.45, 7) is 8.48. The lowest BCUT2D eigenvalue weighted by Gasteiger charge is -2.16. The number of aromatic nitrogens is 2. The molecule has 0 spiro atoms. The van der Waals surface area contributed by atoms with Crippen molar-refractivity contribution in [3.05, 3.63) is 76.5 Å². The Balaban J connectivity index is 1.90. The summed E-state index contributed by atoms with van der Waals surface area (Å²) in [5, 5.41) is 3.04. The van der Waals surface area contributed by atoms with Gasteiger partial charge in [-0.25, -0.2) is 4.98 Å². The van der Waals surface area contributed by atoms with E-state index in [0.717, 1.165) is 26.9 Å². The number of allylic oxidation sites excluding steroid dienone is 1. The number of imidazole rings is 1. The number of carbonyl (C=O) groups is 1. The SMILES string of the molecule is C=C(Br)Cn1c(C(C)NC(=O)c2ccc(C)cc2)nc2ccccc21. The van der Waals surface area contributed by atoms with Crippen LogP contribution in [0.2, 0.25) is 0 Å². The van der Waals surface area contributed by atoms with Crippen LogP contribution in [0.5, 0.6) is 0 Å². The van der Waals surface area contributed by atoms with E-state index in [0.29, 0.717) is 12.1 Å². The molecule has 0 aliphatic carbocycles. The normalized spacial score (nSPS) is 12.1. The molecule has 1 aromatic heterocycles. The molecule has 3 rings (SSSR count). The Hall–Kier alpha value is -2.40. The first-order valence-electron chi connectivity index (χ1n) is 8.11. The monoisotopic (exact) mass is 397 g/mol. The van der Waals surface area contributed by atoms with Crippen molar-refractivity contribution in [2.75, 3.05) is 0 Å². The van der Waals surface area contributed by atoms with E-state index in [1.54, 1.807) is 0 Å². The van der Waals surface area contributed by atoms with Crippen molar-refractivity contribution >= 4 is 32.9 Å². The lowest BCUT2D eigenvalue weighted by atomic mass is 10.1. The van der Waals surface area contributed by atoms with E-state index >= 15 is 0 Å². The van der Waals surface area contributed by atoms with Crippen LogP contribution >= 0.6 is 15.9 Å². The highest BCUT2D eigenvalue weighted by Crippen LogP contribution is 2.23. The molecular weight excluding hydrogens is 378 g/mol. The van der Waals surface area contributed by atoms with E-state index in [9.17, 15) is 4.79 Å². The van der Waals surface area contributed by atoms with Gasteiger partial charge in [-0.1, -0.05) is 52.3 Å². The molecule has 0 saturated carbocycles. The topological polar surface area (TPSA) is 46.9 Å². The van der Waals surface area contributed by atoms with Gasteiger partial charge < -0.3 is 9.88 Å². The number of rotatable bonds is 5. The third kappa shape index (κ3) is 3.82. The molecule has 0 bridgehead atoms. The lowest BCUT2D eigenvalue weighted by Crippen LogP contribution is -2.28. The number of nitrogens with zero attached hydrogens (tertiary/aromatic N) is 2. The van der Waals surface area contributed by atoms with Gasteiger partial charge >= 0.3 is 0 Å². The summed E-state index contributed by atoms with van der Waals surface area (Å²) in [4.78, 5) is 17.2. The summed E-state index contributed by atoms with van der Waals surface area (Å²) >= 11 is 3.43. The molecule has 1 amide bonds. The van der Waals surface area contributed by atoms with Gasteiger partial charge in [0.2, 0.25) is 0 Å². The molecule has 5 heteroatoms. The van der Waals surface area contributed by atoms with Gasteiger partial charge in [0.15, 0.2) is 0 Å². The Bertz CT molecular complexity index is 928. The molecule has 0 aliphatic rings. The fourth-order valence-electron chi connectivity index (χ4n) is 2.81. The zero-order valence-electron chi connectivity index (χ0n) is 14.3. The van der Waals surface area contributed by atoms with Crippen LogP contribution in [0.1, 0.15) is 34.7 Å². The maximum atomic E-state index is 12.5. The van der Waals surface area contributed by atoms with Crippen molar-refractivity contribution < 1.29 is 4.79 Å². The highest BCUT2D eigenvalue weighted by atomic mass is 79.9. The van der Waals surface area contributed by atoms with Gasteiger partial charge in [0.25, 0.3) is 5.91 Å². The van der Waals surface area contributed by atoms with Crippen LogP contribution < -0.4 is 5.32 Å². The molecule has 0 aliphatic heterocycles. The smallest absolute Gasteiger partial charge is 0.251 e. The van der Waals surface area contributed by atoms with E-state index in [-0.39, 0.29) is 11.9 Å². The van der Waals surface area contributed by atoms with E-state index < -0.39 is 0 Å². The quantitative estimate of drug-likeness (QED) is 0.675. The zero-order chi connectivity index (χ0) is 18.0. The van der Waals surface area contributed by atoms with E-state index in [2.05, 4.69) is 32.4 Å². The molecule has 0 saturated heterocycles. The van der Waals surface area contributed by atoms with Gasteiger partial charge in [-0.15, -0.1) is 0 Å². The van der Waals surface area contributed by atoms with Crippen molar-refractivity contribution in [3.63, 3.8) is 0 Å². The molecule has 0 fully saturated rings. The van der Waals surface area contributed by atoms with Gasteiger partial charge in [-0.05, 0) is 38.1 Å². The summed E-state index contributed by atoms with van der Waals surface area (Å²) in [6.07, 6.45) is 0. The van der Waals surface area contributed by atoms with Crippen molar-refractivity contribution in [3.8, 4) is 0 Å². The van der Waals surface area contributed by atoms with Crippen LogP contribution in [0.4, 0.5) is 0 Å². The summed E-state index contributed by atoms with van der Waals surface area (Å²) in [7, 11) is 0. The second-order valence-corrected chi connectivity index (χ2v) is 7.24. The van der Waals surface area contributed by atoms with Crippen LogP contribution in [-0.2, 0) is 6.54 Å². The minimum absolute atomic E-state index is 0.108. The number of aryl methyl sites for hydroxylation is 1. The Morgan fingerprint density at radius 1 is 1.24 bits per heavy atom. The van der Waals surface area contributed by atoms with Crippen LogP contribution in [0, 0.1) is 6.92 Å². The van der Waals surface area contributed by atoms with Gasteiger partial charge in [0.05, 0.1) is 23.6 Å². The second kappa shape index (κ2) is 7.23. The van der Waals surface area contributed by atoms with Crippen molar-refractivity contribution in [2.45, 2.75) is 26.4 Å². The lowest BCUT2D eigenvalue weighted by molar-refractivity contribution is 0.0938. The van der Waals surface area contributed by atoms with Crippen molar-refractivity contribution in [1.82, 2.24) is 14.9 Å². The van der Waals surface area contributed by atoms with E-state index in [1.165, 1.54) is 0 Å². The zero-order valence-corrected chi connectivity index (χ0v) is 15.9. The second-order valence-electron chi connectivity index (χ2n) is 6.12. The van der Waals surface area contributed by atoms with E-state index in [1.807, 2.05) is 62.4 Å². The number of hydrogen-bond donors (Lipinski definition) is 1. The third-order valence-electron chi connectivity index (χ3n) is 4.06. The summed E-state index contributed by atoms with van der Waals surface area (Å²) < 4.78 is 2.93. The van der Waals surface area contributed by atoms with Crippen LogP contribution in [0.25, 0.3) is 11.0 Å².